The van der Waals surface area contributed by atoms with Crippen LogP contribution in [0, 0.1) is 0 Å². The highest BCUT2D eigenvalue weighted by Gasteiger charge is 2.08. The SMILES string of the molecule is COc1ccccc1CCNC(=O)c1cncc(NCc2ccccc2Cl)c1. The number of hydrogen-bond donors (Lipinski definition) is 2. The monoisotopic (exact) mass is 395 g/mol. The summed E-state index contributed by atoms with van der Waals surface area (Å²) in [5.74, 6) is 0.660. The summed E-state index contributed by atoms with van der Waals surface area (Å²) in [7, 11) is 1.64. The van der Waals surface area contributed by atoms with Gasteiger partial charge in [0.1, 0.15) is 5.75 Å². The van der Waals surface area contributed by atoms with Crippen molar-refractivity contribution < 1.29 is 9.53 Å². The van der Waals surface area contributed by atoms with Crippen molar-refractivity contribution in [1.29, 1.82) is 0 Å². The Balaban J connectivity index is 1.55. The van der Waals surface area contributed by atoms with Crippen LogP contribution >= 0.6 is 11.6 Å². The van der Waals surface area contributed by atoms with Gasteiger partial charge in [0.2, 0.25) is 0 Å². The number of carbonyl (C=O) groups is 1. The maximum atomic E-state index is 12.4. The Bertz CT molecular complexity index is 946. The molecule has 0 bridgehead atoms. The van der Waals surface area contributed by atoms with Crippen molar-refractivity contribution >= 4 is 23.2 Å². The second-order valence-corrected chi connectivity index (χ2v) is 6.63. The molecule has 5 nitrogen and oxygen atoms in total. The molecular weight excluding hydrogens is 374 g/mol. The van der Waals surface area contributed by atoms with Gasteiger partial charge >= 0.3 is 0 Å². The van der Waals surface area contributed by atoms with Crippen molar-refractivity contribution in [3.05, 3.63) is 88.7 Å². The van der Waals surface area contributed by atoms with E-state index in [1.165, 1.54) is 0 Å². The number of anilines is 1. The zero-order chi connectivity index (χ0) is 19.8. The molecular formula is C22H22ClN3O2. The van der Waals surface area contributed by atoms with E-state index in [1.54, 1.807) is 25.6 Å². The highest BCUT2D eigenvalue weighted by atomic mass is 35.5. The number of amides is 1. The Morgan fingerprint density at radius 2 is 1.82 bits per heavy atom. The molecule has 28 heavy (non-hydrogen) atoms. The molecule has 1 heterocycles. The molecule has 0 aliphatic heterocycles. The van der Waals surface area contributed by atoms with Gasteiger partial charge in [0.25, 0.3) is 5.91 Å². The number of pyridine rings is 1. The first kappa shape index (κ1) is 19.7. The van der Waals surface area contributed by atoms with E-state index in [0.29, 0.717) is 30.1 Å². The number of aromatic nitrogens is 1. The number of para-hydroxylation sites is 1. The molecule has 0 aliphatic carbocycles. The van der Waals surface area contributed by atoms with Gasteiger partial charge in [-0.2, -0.15) is 0 Å². The van der Waals surface area contributed by atoms with Gasteiger partial charge in [-0.15, -0.1) is 0 Å². The molecule has 2 aromatic carbocycles. The number of ether oxygens (including phenoxy) is 1. The summed E-state index contributed by atoms with van der Waals surface area (Å²) in [4.78, 5) is 16.6. The van der Waals surface area contributed by atoms with Crippen LogP contribution in [0.1, 0.15) is 21.5 Å². The fourth-order valence-corrected chi connectivity index (χ4v) is 3.02. The molecule has 0 unspecified atom stereocenters. The minimum absolute atomic E-state index is 0.163. The minimum atomic E-state index is -0.163. The quantitative estimate of drug-likeness (QED) is 0.596. The summed E-state index contributed by atoms with van der Waals surface area (Å²) in [6.45, 7) is 1.07. The van der Waals surface area contributed by atoms with E-state index < -0.39 is 0 Å². The van der Waals surface area contributed by atoms with E-state index in [-0.39, 0.29) is 5.91 Å². The molecule has 0 spiro atoms. The van der Waals surface area contributed by atoms with Gasteiger partial charge in [0.15, 0.2) is 0 Å². The summed E-state index contributed by atoms with van der Waals surface area (Å²) < 4.78 is 5.33. The third-order valence-corrected chi connectivity index (χ3v) is 4.68. The van der Waals surface area contributed by atoms with E-state index in [4.69, 9.17) is 16.3 Å². The average molecular weight is 396 g/mol. The molecule has 0 atom stereocenters. The second-order valence-electron chi connectivity index (χ2n) is 6.23. The molecule has 0 saturated carbocycles. The lowest BCUT2D eigenvalue weighted by Gasteiger charge is -2.11. The predicted octanol–water partition coefficient (Wildman–Crippen LogP) is 4.33. The lowest BCUT2D eigenvalue weighted by molar-refractivity contribution is 0.0953. The summed E-state index contributed by atoms with van der Waals surface area (Å²) in [5, 5.41) is 6.88. The smallest absolute Gasteiger partial charge is 0.252 e. The van der Waals surface area contributed by atoms with Crippen LogP contribution in [0.5, 0.6) is 5.75 Å². The van der Waals surface area contributed by atoms with Gasteiger partial charge in [0.05, 0.1) is 18.4 Å². The molecule has 6 heteroatoms. The first-order valence-corrected chi connectivity index (χ1v) is 9.37. The Kier molecular flexibility index (Phi) is 6.87. The van der Waals surface area contributed by atoms with Gasteiger partial charge in [-0.05, 0) is 35.7 Å². The van der Waals surface area contributed by atoms with E-state index in [0.717, 1.165) is 22.6 Å². The van der Waals surface area contributed by atoms with Crippen LogP contribution in [0.15, 0.2) is 67.0 Å². The van der Waals surface area contributed by atoms with Gasteiger partial charge in [-0.1, -0.05) is 48.0 Å². The maximum Gasteiger partial charge on any atom is 0.252 e. The van der Waals surface area contributed by atoms with E-state index in [1.807, 2.05) is 48.5 Å². The topological polar surface area (TPSA) is 63.2 Å². The molecule has 0 radical (unpaired) electrons. The summed E-state index contributed by atoms with van der Waals surface area (Å²) in [6.07, 6.45) is 3.93. The van der Waals surface area contributed by atoms with Crippen LogP contribution in [-0.2, 0) is 13.0 Å². The highest BCUT2D eigenvalue weighted by molar-refractivity contribution is 6.31. The first-order valence-electron chi connectivity index (χ1n) is 9.00. The molecule has 1 aromatic heterocycles. The Morgan fingerprint density at radius 1 is 1.07 bits per heavy atom. The number of carbonyl (C=O) groups excluding carboxylic acids is 1. The molecule has 0 aliphatic rings. The minimum Gasteiger partial charge on any atom is -0.496 e. The molecule has 144 valence electrons. The van der Waals surface area contributed by atoms with Crippen molar-refractivity contribution in [2.24, 2.45) is 0 Å². The van der Waals surface area contributed by atoms with Crippen LogP contribution in [0.4, 0.5) is 5.69 Å². The number of rotatable bonds is 8. The number of nitrogens with one attached hydrogen (secondary N) is 2. The van der Waals surface area contributed by atoms with Crippen molar-refractivity contribution in [2.75, 3.05) is 19.0 Å². The third kappa shape index (κ3) is 5.24. The summed E-state index contributed by atoms with van der Waals surface area (Å²) >= 11 is 6.17. The van der Waals surface area contributed by atoms with E-state index in [2.05, 4.69) is 15.6 Å². The van der Waals surface area contributed by atoms with Crippen molar-refractivity contribution in [3.63, 3.8) is 0 Å². The highest BCUT2D eigenvalue weighted by Crippen LogP contribution is 2.18. The Morgan fingerprint density at radius 3 is 2.61 bits per heavy atom. The van der Waals surface area contributed by atoms with Gasteiger partial charge in [-0.25, -0.2) is 0 Å². The molecule has 3 rings (SSSR count). The average Bonchev–Trinajstić information content (AvgIpc) is 2.73. The Hall–Kier alpha value is -3.05. The van der Waals surface area contributed by atoms with Crippen LogP contribution in [-0.4, -0.2) is 24.5 Å². The predicted molar refractivity (Wildman–Crippen MR) is 112 cm³/mol. The van der Waals surface area contributed by atoms with Gasteiger partial charge < -0.3 is 15.4 Å². The summed E-state index contributed by atoms with van der Waals surface area (Å²) in [5.41, 5.74) is 3.30. The van der Waals surface area contributed by atoms with Crippen LogP contribution < -0.4 is 15.4 Å². The lowest BCUT2D eigenvalue weighted by Crippen LogP contribution is -2.26. The van der Waals surface area contributed by atoms with Crippen molar-refractivity contribution in [3.8, 4) is 5.75 Å². The van der Waals surface area contributed by atoms with Crippen LogP contribution in [0.3, 0.4) is 0 Å². The second kappa shape index (κ2) is 9.76. The number of nitrogens with zero attached hydrogens (tertiary/aromatic N) is 1. The van der Waals surface area contributed by atoms with Gasteiger partial charge in [0, 0.05) is 30.5 Å². The third-order valence-electron chi connectivity index (χ3n) is 4.31. The van der Waals surface area contributed by atoms with E-state index >= 15 is 0 Å². The zero-order valence-electron chi connectivity index (χ0n) is 15.6. The molecule has 0 fully saturated rings. The Labute approximate surface area is 169 Å². The molecule has 2 N–H and O–H groups in total. The molecule has 0 saturated heterocycles. The number of methoxy groups -OCH3 is 1. The van der Waals surface area contributed by atoms with Gasteiger partial charge in [-0.3, -0.25) is 9.78 Å². The normalized spacial score (nSPS) is 10.4. The standard InChI is InChI=1S/C22H22ClN3O2/c1-28-21-9-5-3-6-16(21)10-11-25-22(27)18-12-19(15-24-13-18)26-14-17-7-2-4-8-20(17)23/h2-9,12-13,15,26H,10-11,14H2,1H3,(H,25,27). The lowest BCUT2D eigenvalue weighted by atomic mass is 10.1. The fraction of sp³-hybridized carbons (Fsp3) is 0.182. The first-order chi connectivity index (χ1) is 13.7. The molecule has 1 amide bonds. The number of hydrogen-bond acceptors (Lipinski definition) is 4. The van der Waals surface area contributed by atoms with Crippen LogP contribution in [0.2, 0.25) is 5.02 Å². The van der Waals surface area contributed by atoms with Crippen LogP contribution in [0.25, 0.3) is 0 Å². The van der Waals surface area contributed by atoms with Crippen molar-refractivity contribution in [2.45, 2.75) is 13.0 Å². The van der Waals surface area contributed by atoms with Crippen molar-refractivity contribution in [1.82, 2.24) is 10.3 Å². The fourth-order valence-electron chi connectivity index (χ4n) is 2.82. The van der Waals surface area contributed by atoms with E-state index in [9.17, 15) is 4.79 Å². The zero-order valence-corrected chi connectivity index (χ0v) is 16.4. The maximum absolute atomic E-state index is 12.4. The number of halogens is 1. The largest absolute Gasteiger partial charge is 0.496 e. The summed E-state index contributed by atoms with van der Waals surface area (Å²) in [6, 6.07) is 17.2. The number of benzene rings is 2. The molecule has 3 aromatic rings.